The summed E-state index contributed by atoms with van der Waals surface area (Å²) < 4.78 is 1.72. The average Bonchev–Trinajstić information content (AvgIpc) is 2.95. The van der Waals surface area contributed by atoms with Crippen LogP contribution in [0.4, 0.5) is 16.2 Å². The summed E-state index contributed by atoms with van der Waals surface area (Å²) in [5, 5.41) is 18.6. The van der Waals surface area contributed by atoms with Crippen molar-refractivity contribution in [1.29, 1.82) is 5.26 Å². The van der Waals surface area contributed by atoms with Gasteiger partial charge in [0, 0.05) is 19.2 Å². The molecule has 0 radical (unpaired) electrons. The van der Waals surface area contributed by atoms with Crippen molar-refractivity contribution in [3.8, 4) is 6.07 Å². The molecule has 0 fully saturated rings. The molecule has 6 nitrogen and oxygen atoms in total. The highest BCUT2D eigenvalue weighted by Crippen LogP contribution is 2.29. The van der Waals surface area contributed by atoms with Crippen molar-refractivity contribution in [3.63, 3.8) is 0 Å². The predicted molar refractivity (Wildman–Crippen MR) is 90.8 cm³/mol. The number of nitrogens with one attached hydrogen (secondary N) is 2. The molecule has 0 atom stereocenters. The maximum atomic E-state index is 12.0. The summed E-state index contributed by atoms with van der Waals surface area (Å²) in [6, 6.07) is 6.63. The fourth-order valence-corrected chi connectivity index (χ4v) is 2.41. The molecule has 8 heteroatoms. The fourth-order valence-electron chi connectivity index (χ4n) is 1.92. The van der Waals surface area contributed by atoms with Gasteiger partial charge in [-0.05, 0) is 25.0 Å². The molecule has 2 aromatic rings. The normalized spacial score (nSPS) is 10.1. The number of aromatic nitrogens is 2. The van der Waals surface area contributed by atoms with E-state index in [1.54, 1.807) is 35.3 Å². The lowest BCUT2D eigenvalue weighted by atomic mass is 10.2. The van der Waals surface area contributed by atoms with Gasteiger partial charge in [0.05, 0.1) is 33.7 Å². The van der Waals surface area contributed by atoms with Crippen molar-refractivity contribution in [2.45, 2.75) is 25.8 Å². The van der Waals surface area contributed by atoms with Crippen LogP contribution in [-0.4, -0.2) is 15.8 Å². The number of anilines is 2. The van der Waals surface area contributed by atoms with Crippen LogP contribution in [0.1, 0.15) is 19.3 Å². The van der Waals surface area contributed by atoms with Gasteiger partial charge in [0.2, 0.25) is 0 Å². The molecule has 0 saturated carbocycles. The Kier molecular flexibility index (Phi) is 6.27. The zero-order chi connectivity index (χ0) is 16.7. The minimum absolute atomic E-state index is 0.359. The van der Waals surface area contributed by atoms with Gasteiger partial charge in [-0.1, -0.05) is 29.3 Å². The lowest BCUT2D eigenvalue weighted by Gasteiger charge is -2.09. The van der Waals surface area contributed by atoms with Crippen LogP contribution in [0.25, 0.3) is 0 Å². The highest BCUT2D eigenvalue weighted by Gasteiger charge is 2.10. The number of rotatable bonds is 6. The SMILES string of the molecule is N#CCCCCn1cc(NC(=O)Nc2c(Cl)cccc2Cl)cn1. The third-order valence-corrected chi connectivity index (χ3v) is 3.65. The van der Waals surface area contributed by atoms with E-state index in [9.17, 15) is 4.79 Å². The number of amides is 2. The van der Waals surface area contributed by atoms with Crippen molar-refractivity contribution in [1.82, 2.24) is 9.78 Å². The Balaban J connectivity index is 1.88. The van der Waals surface area contributed by atoms with E-state index >= 15 is 0 Å². The van der Waals surface area contributed by atoms with Crippen molar-refractivity contribution in [2.75, 3.05) is 10.6 Å². The maximum absolute atomic E-state index is 12.0. The smallest absolute Gasteiger partial charge is 0.305 e. The topological polar surface area (TPSA) is 82.7 Å². The van der Waals surface area contributed by atoms with E-state index in [2.05, 4.69) is 21.8 Å². The molecule has 0 aliphatic heterocycles. The molecular weight excluding hydrogens is 337 g/mol. The van der Waals surface area contributed by atoms with Gasteiger partial charge >= 0.3 is 6.03 Å². The van der Waals surface area contributed by atoms with Gasteiger partial charge < -0.3 is 10.6 Å². The molecule has 0 spiro atoms. The molecule has 2 rings (SSSR count). The highest BCUT2D eigenvalue weighted by molar-refractivity contribution is 6.39. The molecular formula is C15H15Cl2N5O. The third-order valence-electron chi connectivity index (χ3n) is 3.02. The Hall–Kier alpha value is -2.23. The second-order valence-electron chi connectivity index (χ2n) is 4.78. The van der Waals surface area contributed by atoms with Gasteiger partial charge in [-0.2, -0.15) is 10.4 Å². The van der Waals surface area contributed by atoms with Crippen LogP contribution in [0.5, 0.6) is 0 Å². The van der Waals surface area contributed by atoms with E-state index < -0.39 is 6.03 Å². The number of carbonyl (C=O) groups is 1. The lowest BCUT2D eigenvalue weighted by molar-refractivity contribution is 0.262. The Morgan fingerprint density at radius 2 is 2.00 bits per heavy atom. The molecule has 1 aromatic carbocycles. The average molecular weight is 352 g/mol. The van der Waals surface area contributed by atoms with Gasteiger partial charge in [0.15, 0.2) is 0 Å². The van der Waals surface area contributed by atoms with Gasteiger partial charge in [-0.3, -0.25) is 4.68 Å². The Morgan fingerprint density at radius 1 is 1.26 bits per heavy atom. The number of benzene rings is 1. The minimum Gasteiger partial charge on any atom is -0.305 e. The van der Waals surface area contributed by atoms with Gasteiger partial charge in [-0.25, -0.2) is 4.79 Å². The first-order valence-corrected chi connectivity index (χ1v) is 7.77. The summed E-state index contributed by atoms with van der Waals surface area (Å²) in [5.74, 6) is 0. The number of carbonyl (C=O) groups excluding carboxylic acids is 1. The Bertz CT molecular complexity index is 703. The van der Waals surface area contributed by atoms with Crippen molar-refractivity contribution < 1.29 is 4.79 Å². The lowest BCUT2D eigenvalue weighted by Crippen LogP contribution is -2.19. The number of aryl methyl sites for hydroxylation is 1. The third kappa shape index (κ3) is 5.16. The summed E-state index contributed by atoms with van der Waals surface area (Å²) >= 11 is 12.0. The van der Waals surface area contributed by atoms with Gasteiger partial charge in [0.1, 0.15) is 0 Å². The summed E-state index contributed by atoms with van der Waals surface area (Å²) in [6.07, 6.45) is 5.49. The summed E-state index contributed by atoms with van der Waals surface area (Å²) in [6.45, 7) is 0.696. The molecule has 23 heavy (non-hydrogen) atoms. The fraction of sp³-hybridized carbons (Fsp3) is 0.267. The quantitative estimate of drug-likeness (QED) is 0.750. The largest absolute Gasteiger partial charge is 0.323 e. The molecule has 0 unspecified atom stereocenters. The van der Waals surface area contributed by atoms with Crippen LogP contribution in [0.3, 0.4) is 0 Å². The van der Waals surface area contributed by atoms with E-state index in [1.807, 2.05) is 0 Å². The molecule has 1 heterocycles. The number of hydrogen-bond donors (Lipinski definition) is 2. The number of hydrogen-bond acceptors (Lipinski definition) is 3. The monoisotopic (exact) mass is 351 g/mol. The molecule has 120 valence electrons. The van der Waals surface area contributed by atoms with E-state index in [0.29, 0.717) is 34.4 Å². The Labute approximate surface area is 144 Å². The summed E-state index contributed by atoms with van der Waals surface area (Å²) in [4.78, 5) is 12.0. The number of unbranched alkanes of at least 4 members (excludes halogenated alkanes) is 2. The molecule has 0 saturated heterocycles. The zero-order valence-electron chi connectivity index (χ0n) is 12.2. The van der Waals surface area contributed by atoms with Crippen molar-refractivity contribution in [2.24, 2.45) is 0 Å². The summed E-state index contributed by atoms with van der Waals surface area (Å²) in [7, 11) is 0. The summed E-state index contributed by atoms with van der Waals surface area (Å²) in [5.41, 5.74) is 0.920. The van der Waals surface area contributed by atoms with Crippen LogP contribution in [0, 0.1) is 11.3 Å². The van der Waals surface area contributed by atoms with Crippen LogP contribution >= 0.6 is 23.2 Å². The number of nitrogens with zero attached hydrogens (tertiary/aromatic N) is 3. The van der Waals surface area contributed by atoms with Crippen LogP contribution in [-0.2, 0) is 6.54 Å². The predicted octanol–water partition coefficient (Wildman–Crippen LogP) is 4.53. The van der Waals surface area contributed by atoms with E-state index in [-0.39, 0.29) is 0 Å². The number of urea groups is 1. The molecule has 2 amide bonds. The van der Waals surface area contributed by atoms with Crippen LogP contribution < -0.4 is 10.6 Å². The first-order chi connectivity index (χ1) is 11.1. The minimum atomic E-state index is -0.455. The second-order valence-corrected chi connectivity index (χ2v) is 5.60. The van der Waals surface area contributed by atoms with Crippen LogP contribution in [0.15, 0.2) is 30.6 Å². The Morgan fingerprint density at radius 3 is 2.70 bits per heavy atom. The molecule has 0 aliphatic carbocycles. The number of nitriles is 1. The van der Waals surface area contributed by atoms with Crippen molar-refractivity contribution in [3.05, 3.63) is 40.6 Å². The van der Waals surface area contributed by atoms with Gasteiger partial charge in [0.25, 0.3) is 0 Å². The molecule has 0 bridgehead atoms. The van der Waals surface area contributed by atoms with Gasteiger partial charge in [-0.15, -0.1) is 0 Å². The second kappa shape index (κ2) is 8.42. The van der Waals surface area contributed by atoms with Crippen molar-refractivity contribution >= 4 is 40.6 Å². The number of halogens is 2. The zero-order valence-corrected chi connectivity index (χ0v) is 13.7. The molecule has 2 N–H and O–H groups in total. The molecule has 1 aromatic heterocycles. The standard InChI is InChI=1S/C15H15Cl2N5O/c16-12-5-4-6-13(17)14(12)21-15(23)20-11-9-19-22(10-11)8-3-1-2-7-18/h4-6,9-10H,1-3,8H2,(H2,20,21,23). The van der Waals surface area contributed by atoms with E-state index in [1.165, 1.54) is 0 Å². The highest BCUT2D eigenvalue weighted by atomic mass is 35.5. The van der Waals surface area contributed by atoms with Crippen LogP contribution in [0.2, 0.25) is 10.0 Å². The molecule has 0 aliphatic rings. The maximum Gasteiger partial charge on any atom is 0.323 e. The van der Waals surface area contributed by atoms with E-state index in [4.69, 9.17) is 28.5 Å². The first kappa shape index (κ1) is 17.1. The van der Waals surface area contributed by atoms with E-state index in [0.717, 1.165) is 12.8 Å². The number of para-hydroxylation sites is 1. The first-order valence-electron chi connectivity index (χ1n) is 7.01.